The van der Waals surface area contributed by atoms with E-state index in [9.17, 15) is 0 Å². The van der Waals surface area contributed by atoms with Crippen LogP contribution >= 0.6 is 0 Å². The Labute approximate surface area is 105 Å². The van der Waals surface area contributed by atoms with Gasteiger partial charge in [0.1, 0.15) is 5.82 Å². The van der Waals surface area contributed by atoms with Crippen molar-refractivity contribution in [3.05, 3.63) is 23.9 Å². The van der Waals surface area contributed by atoms with E-state index in [2.05, 4.69) is 68.1 Å². The van der Waals surface area contributed by atoms with Crippen LogP contribution in [-0.2, 0) is 6.54 Å². The quantitative estimate of drug-likeness (QED) is 0.850. The molecule has 0 radical (unpaired) electrons. The second-order valence-corrected chi connectivity index (χ2v) is 5.68. The van der Waals surface area contributed by atoms with Gasteiger partial charge >= 0.3 is 0 Å². The van der Waals surface area contributed by atoms with Crippen LogP contribution in [-0.4, -0.2) is 25.1 Å². The Morgan fingerprint density at radius 2 is 2.00 bits per heavy atom. The van der Waals surface area contributed by atoms with Gasteiger partial charge in [-0.1, -0.05) is 33.8 Å². The van der Waals surface area contributed by atoms with Gasteiger partial charge in [-0.25, -0.2) is 4.98 Å². The predicted molar refractivity (Wildman–Crippen MR) is 74.3 cm³/mol. The first kappa shape index (κ1) is 14.0. The normalized spacial score (nSPS) is 11.6. The van der Waals surface area contributed by atoms with Crippen LogP contribution in [0.4, 0.5) is 5.82 Å². The van der Waals surface area contributed by atoms with Gasteiger partial charge in [0.25, 0.3) is 0 Å². The molecule has 3 heteroatoms. The van der Waals surface area contributed by atoms with Crippen molar-refractivity contribution in [1.29, 1.82) is 0 Å². The van der Waals surface area contributed by atoms with E-state index >= 15 is 0 Å². The number of rotatable bonds is 5. The first-order valence-corrected chi connectivity index (χ1v) is 6.30. The van der Waals surface area contributed by atoms with Crippen LogP contribution in [0.15, 0.2) is 18.2 Å². The van der Waals surface area contributed by atoms with E-state index < -0.39 is 0 Å². The zero-order chi connectivity index (χ0) is 12.9. The molecule has 1 aromatic heterocycles. The fourth-order valence-electron chi connectivity index (χ4n) is 1.82. The molecule has 0 amide bonds. The standard InChI is InChI=1S/C14H25N3/c1-6-15-10-12-8-7-9-13(16-12)17(5)11-14(2,3)4/h7-9,15H,6,10-11H2,1-5H3. The maximum absolute atomic E-state index is 4.66. The smallest absolute Gasteiger partial charge is 0.128 e. The Balaban J connectivity index is 2.70. The monoisotopic (exact) mass is 235 g/mol. The molecule has 0 unspecified atom stereocenters. The van der Waals surface area contributed by atoms with Gasteiger partial charge in [-0.05, 0) is 24.1 Å². The van der Waals surface area contributed by atoms with Crippen molar-refractivity contribution < 1.29 is 0 Å². The third-order valence-electron chi connectivity index (χ3n) is 2.45. The summed E-state index contributed by atoms with van der Waals surface area (Å²) in [4.78, 5) is 6.88. The predicted octanol–water partition coefficient (Wildman–Crippen LogP) is 2.67. The number of hydrogen-bond donors (Lipinski definition) is 1. The van der Waals surface area contributed by atoms with Crippen molar-refractivity contribution in [2.45, 2.75) is 34.2 Å². The molecule has 0 spiro atoms. The summed E-state index contributed by atoms with van der Waals surface area (Å²) in [5.74, 6) is 1.05. The molecular formula is C14H25N3. The first-order chi connectivity index (χ1) is 7.92. The number of nitrogens with one attached hydrogen (secondary N) is 1. The number of anilines is 1. The molecule has 1 aromatic rings. The molecule has 96 valence electrons. The van der Waals surface area contributed by atoms with Crippen molar-refractivity contribution >= 4 is 5.82 Å². The molecule has 0 aliphatic rings. The highest BCUT2D eigenvalue weighted by molar-refractivity contribution is 5.38. The molecule has 0 atom stereocenters. The summed E-state index contributed by atoms with van der Waals surface area (Å²) in [6.07, 6.45) is 0. The van der Waals surface area contributed by atoms with Gasteiger partial charge in [0.2, 0.25) is 0 Å². The van der Waals surface area contributed by atoms with E-state index in [1.54, 1.807) is 0 Å². The van der Waals surface area contributed by atoms with Gasteiger partial charge in [-0.3, -0.25) is 0 Å². The van der Waals surface area contributed by atoms with Crippen molar-refractivity contribution in [1.82, 2.24) is 10.3 Å². The topological polar surface area (TPSA) is 28.2 Å². The third kappa shape index (κ3) is 5.18. The summed E-state index contributed by atoms with van der Waals surface area (Å²) < 4.78 is 0. The van der Waals surface area contributed by atoms with Crippen molar-refractivity contribution in [3.8, 4) is 0 Å². The van der Waals surface area contributed by atoms with Crippen LogP contribution in [0.1, 0.15) is 33.4 Å². The lowest BCUT2D eigenvalue weighted by Gasteiger charge is -2.27. The average Bonchev–Trinajstić information content (AvgIpc) is 2.24. The van der Waals surface area contributed by atoms with Gasteiger partial charge in [0.05, 0.1) is 5.69 Å². The van der Waals surface area contributed by atoms with Crippen molar-refractivity contribution in [2.24, 2.45) is 5.41 Å². The second-order valence-electron chi connectivity index (χ2n) is 5.68. The molecule has 1 heterocycles. The molecule has 1 rings (SSSR count). The van der Waals surface area contributed by atoms with E-state index in [4.69, 9.17) is 0 Å². The van der Waals surface area contributed by atoms with Gasteiger partial charge < -0.3 is 10.2 Å². The Morgan fingerprint density at radius 3 is 2.59 bits per heavy atom. The van der Waals surface area contributed by atoms with Crippen LogP contribution < -0.4 is 10.2 Å². The van der Waals surface area contributed by atoms with Gasteiger partial charge in [0, 0.05) is 20.1 Å². The molecule has 0 bridgehead atoms. The van der Waals surface area contributed by atoms with Crippen LogP contribution in [0.3, 0.4) is 0 Å². The molecule has 0 aliphatic carbocycles. The zero-order valence-electron chi connectivity index (χ0n) is 11.7. The van der Waals surface area contributed by atoms with Gasteiger partial charge in [0.15, 0.2) is 0 Å². The second kappa shape index (κ2) is 6.01. The van der Waals surface area contributed by atoms with E-state index in [1.165, 1.54) is 0 Å². The fourth-order valence-corrected chi connectivity index (χ4v) is 1.82. The summed E-state index contributed by atoms with van der Waals surface area (Å²) in [5.41, 5.74) is 1.39. The number of hydrogen-bond acceptors (Lipinski definition) is 3. The molecule has 0 saturated heterocycles. The van der Waals surface area contributed by atoms with Crippen LogP contribution in [0.25, 0.3) is 0 Å². The van der Waals surface area contributed by atoms with Crippen molar-refractivity contribution in [2.75, 3.05) is 25.0 Å². The summed E-state index contributed by atoms with van der Waals surface area (Å²) in [5, 5.41) is 3.30. The van der Waals surface area contributed by atoms with Crippen LogP contribution in [0, 0.1) is 5.41 Å². The third-order valence-corrected chi connectivity index (χ3v) is 2.45. The van der Waals surface area contributed by atoms with E-state index in [0.717, 1.165) is 31.1 Å². The first-order valence-electron chi connectivity index (χ1n) is 6.30. The Hall–Kier alpha value is -1.09. The van der Waals surface area contributed by atoms with Gasteiger partial charge in [-0.2, -0.15) is 0 Å². The summed E-state index contributed by atoms with van der Waals surface area (Å²) >= 11 is 0. The van der Waals surface area contributed by atoms with Crippen molar-refractivity contribution in [3.63, 3.8) is 0 Å². The number of nitrogens with zero attached hydrogens (tertiary/aromatic N) is 2. The number of pyridine rings is 1. The Bertz CT molecular complexity index is 342. The lowest BCUT2D eigenvalue weighted by Crippen LogP contribution is -2.30. The molecule has 0 fully saturated rings. The van der Waals surface area contributed by atoms with Crippen LogP contribution in [0.2, 0.25) is 0 Å². The SMILES string of the molecule is CCNCc1cccc(N(C)CC(C)(C)C)n1. The molecular weight excluding hydrogens is 210 g/mol. The highest BCUT2D eigenvalue weighted by atomic mass is 15.2. The Morgan fingerprint density at radius 1 is 1.29 bits per heavy atom. The van der Waals surface area contributed by atoms with E-state index in [0.29, 0.717) is 0 Å². The molecule has 0 saturated carbocycles. The average molecular weight is 235 g/mol. The lowest BCUT2D eigenvalue weighted by molar-refractivity contribution is 0.417. The molecule has 0 aliphatic heterocycles. The molecule has 3 nitrogen and oxygen atoms in total. The maximum Gasteiger partial charge on any atom is 0.128 e. The van der Waals surface area contributed by atoms with Gasteiger partial charge in [-0.15, -0.1) is 0 Å². The summed E-state index contributed by atoms with van der Waals surface area (Å²) in [6.45, 7) is 11.7. The minimum Gasteiger partial charge on any atom is -0.359 e. The van der Waals surface area contributed by atoms with E-state index in [-0.39, 0.29) is 5.41 Å². The molecule has 0 aromatic carbocycles. The zero-order valence-corrected chi connectivity index (χ0v) is 11.7. The number of aromatic nitrogens is 1. The largest absolute Gasteiger partial charge is 0.359 e. The highest BCUT2D eigenvalue weighted by Gasteiger charge is 2.14. The molecule has 17 heavy (non-hydrogen) atoms. The Kier molecular flexibility index (Phi) is 4.94. The highest BCUT2D eigenvalue weighted by Crippen LogP contribution is 2.18. The minimum absolute atomic E-state index is 0.286. The maximum atomic E-state index is 4.66. The van der Waals surface area contributed by atoms with Crippen LogP contribution in [0.5, 0.6) is 0 Å². The summed E-state index contributed by atoms with van der Waals surface area (Å²) in [6, 6.07) is 6.21. The molecule has 1 N–H and O–H groups in total. The fraction of sp³-hybridized carbons (Fsp3) is 0.643. The summed E-state index contributed by atoms with van der Waals surface area (Å²) in [7, 11) is 2.10. The minimum atomic E-state index is 0.286. The lowest BCUT2D eigenvalue weighted by atomic mass is 9.96. The van der Waals surface area contributed by atoms with E-state index in [1.807, 2.05) is 0 Å².